The average molecular weight is 234 g/mol. The first-order valence-corrected chi connectivity index (χ1v) is 6.09. The largest absolute Gasteiger partial charge is 0.257 e. The fraction of sp³-hybridized carbons (Fsp3) is 0.250. The number of allylic oxidation sites excluding steroid dienone is 4. The molecule has 0 saturated heterocycles. The highest BCUT2D eigenvalue weighted by Gasteiger charge is 2.41. The highest BCUT2D eigenvalue weighted by molar-refractivity contribution is 6.01. The van der Waals surface area contributed by atoms with Crippen LogP contribution in [0.3, 0.4) is 0 Å². The maximum Gasteiger partial charge on any atom is 0.187 e. The molecule has 1 aromatic rings. The number of fused-ring (bicyclic) bond motifs is 1. The van der Waals surface area contributed by atoms with Crippen LogP contribution in [0.15, 0.2) is 47.5 Å². The fourth-order valence-electron chi connectivity index (χ4n) is 2.84. The van der Waals surface area contributed by atoms with Gasteiger partial charge in [-0.15, -0.1) is 0 Å². The Morgan fingerprint density at radius 1 is 1.28 bits per heavy atom. The van der Waals surface area contributed by atoms with E-state index in [1.54, 1.807) is 0 Å². The zero-order chi connectivity index (χ0) is 12.8. The summed E-state index contributed by atoms with van der Waals surface area (Å²) < 4.78 is 0. The summed E-state index contributed by atoms with van der Waals surface area (Å²) >= 11 is 0. The lowest BCUT2D eigenvalue weighted by molar-refractivity contribution is 0.554. The first kappa shape index (κ1) is 11.0. The molecular formula is C16H14N2. The standard InChI is InChI=1S/C16H14N2/c1-11-16(2,12-6-4-5-7-12)14-10-13(17-3)8-9-15(14)18-11/h4-10,12H,1-2H3. The number of benzene rings is 1. The van der Waals surface area contributed by atoms with Crippen molar-refractivity contribution in [2.24, 2.45) is 10.9 Å². The van der Waals surface area contributed by atoms with Crippen LogP contribution in [0.4, 0.5) is 11.4 Å². The van der Waals surface area contributed by atoms with Gasteiger partial charge >= 0.3 is 0 Å². The Balaban J connectivity index is 2.19. The molecule has 0 radical (unpaired) electrons. The molecule has 2 aliphatic rings. The summed E-state index contributed by atoms with van der Waals surface area (Å²) in [6.07, 6.45) is 8.58. The summed E-state index contributed by atoms with van der Waals surface area (Å²) in [5, 5.41) is 0. The maximum atomic E-state index is 7.16. The van der Waals surface area contributed by atoms with Gasteiger partial charge in [-0.05, 0) is 25.5 Å². The van der Waals surface area contributed by atoms with Gasteiger partial charge < -0.3 is 0 Å². The molecule has 0 bridgehead atoms. The molecule has 1 unspecified atom stereocenters. The molecule has 1 heterocycles. The van der Waals surface area contributed by atoms with Crippen LogP contribution in [0.25, 0.3) is 4.85 Å². The highest BCUT2D eigenvalue weighted by Crippen LogP contribution is 2.47. The molecule has 0 amide bonds. The maximum absolute atomic E-state index is 7.16. The van der Waals surface area contributed by atoms with Gasteiger partial charge in [0.05, 0.1) is 12.3 Å². The Labute approximate surface area is 107 Å². The number of hydrogen-bond acceptors (Lipinski definition) is 1. The van der Waals surface area contributed by atoms with Crippen LogP contribution in [0.1, 0.15) is 19.4 Å². The first-order chi connectivity index (χ1) is 8.66. The topological polar surface area (TPSA) is 16.7 Å². The lowest BCUT2D eigenvalue weighted by atomic mass is 9.70. The third kappa shape index (κ3) is 1.31. The van der Waals surface area contributed by atoms with E-state index in [2.05, 4.69) is 48.0 Å². The molecule has 1 aliphatic heterocycles. The van der Waals surface area contributed by atoms with Crippen LogP contribution < -0.4 is 0 Å². The Hall–Kier alpha value is -2.14. The minimum absolute atomic E-state index is 0.112. The van der Waals surface area contributed by atoms with Crippen LogP contribution in [0.5, 0.6) is 0 Å². The molecule has 0 aromatic heterocycles. The Bertz CT molecular complexity index is 632. The lowest BCUT2D eigenvalue weighted by Crippen LogP contribution is -2.34. The summed E-state index contributed by atoms with van der Waals surface area (Å²) in [5.41, 5.74) is 3.89. The smallest absolute Gasteiger partial charge is 0.187 e. The third-order valence-electron chi connectivity index (χ3n) is 4.12. The van der Waals surface area contributed by atoms with E-state index in [9.17, 15) is 0 Å². The van der Waals surface area contributed by atoms with Gasteiger partial charge in [0.1, 0.15) is 0 Å². The quantitative estimate of drug-likeness (QED) is 0.643. The van der Waals surface area contributed by atoms with Crippen molar-refractivity contribution in [2.45, 2.75) is 19.3 Å². The van der Waals surface area contributed by atoms with Gasteiger partial charge in [0.25, 0.3) is 0 Å². The van der Waals surface area contributed by atoms with E-state index in [1.165, 1.54) is 5.56 Å². The molecule has 2 nitrogen and oxygen atoms in total. The Kier molecular flexibility index (Phi) is 2.24. The van der Waals surface area contributed by atoms with Gasteiger partial charge in [0.2, 0.25) is 0 Å². The predicted octanol–water partition coefficient (Wildman–Crippen LogP) is 4.34. The van der Waals surface area contributed by atoms with Gasteiger partial charge in [-0.1, -0.05) is 36.4 Å². The van der Waals surface area contributed by atoms with Gasteiger partial charge in [0, 0.05) is 17.0 Å². The van der Waals surface area contributed by atoms with Crippen molar-refractivity contribution in [3.63, 3.8) is 0 Å². The summed E-state index contributed by atoms with van der Waals surface area (Å²) in [7, 11) is 0. The number of aliphatic imine (C=N–C) groups is 1. The molecule has 88 valence electrons. The second-order valence-corrected chi connectivity index (χ2v) is 5.01. The monoisotopic (exact) mass is 234 g/mol. The summed E-state index contributed by atoms with van der Waals surface area (Å²) in [5.74, 6) is 0.337. The Morgan fingerprint density at radius 3 is 2.67 bits per heavy atom. The SMILES string of the molecule is [C-]#[N+]c1ccc2c(c1)C(C)(C1C=CC=C1)C(C)=N2. The van der Waals surface area contributed by atoms with Crippen molar-refractivity contribution in [2.75, 3.05) is 0 Å². The average Bonchev–Trinajstić information content (AvgIpc) is 2.99. The predicted molar refractivity (Wildman–Crippen MR) is 74.6 cm³/mol. The third-order valence-corrected chi connectivity index (χ3v) is 4.12. The minimum atomic E-state index is -0.112. The summed E-state index contributed by atoms with van der Waals surface area (Å²) in [4.78, 5) is 8.20. The van der Waals surface area contributed by atoms with Crippen LogP contribution in [-0.2, 0) is 5.41 Å². The van der Waals surface area contributed by atoms with E-state index in [1.807, 2.05) is 18.2 Å². The minimum Gasteiger partial charge on any atom is -0.257 e. The summed E-state index contributed by atoms with van der Waals surface area (Å²) in [6, 6.07) is 5.79. The van der Waals surface area contributed by atoms with E-state index in [0.29, 0.717) is 11.6 Å². The molecule has 1 atom stereocenters. The molecule has 0 fully saturated rings. The first-order valence-electron chi connectivity index (χ1n) is 6.09. The number of rotatable bonds is 1. The van der Waals surface area contributed by atoms with Crippen LogP contribution >= 0.6 is 0 Å². The molecule has 3 rings (SSSR count). The van der Waals surface area contributed by atoms with Gasteiger partial charge in [-0.3, -0.25) is 4.99 Å². The normalized spacial score (nSPS) is 25.1. The van der Waals surface area contributed by atoms with Crippen LogP contribution in [0.2, 0.25) is 0 Å². The van der Waals surface area contributed by atoms with E-state index < -0.39 is 0 Å². The van der Waals surface area contributed by atoms with Crippen molar-refractivity contribution in [3.05, 3.63) is 59.5 Å². The van der Waals surface area contributed by atoms with Crippen molar-refractivity contribution in [1.82, 2.24) is 0 Å². The summed E-state index contributed by atoms with van der Waals surface area (Å²) in [6.45, 7) is 11.5. The molecule has 0 spiro atoms. The van der Waals surface area contributed by atoms with Gasteiger partial charge in [-0.2, -0.15) is 0 Å². The van der Waals surface area contributed by atoms with Crippen molar-refractivity contribution in [3.8, 4) is 0 Å². The van der Waals surface area contributed by atoms with Crippen LogP contribution in [0, 0.1) is 12.5 Å². The van der Waals surface area contributed by atoms with Crippen molar-refractivity contribution in [1.29, 1.82) is 0 Å². The van der Waals surface area contributed by atoms with E-state index in [0.717, 1.165) is 11.4 Å². The van der Waals surface area contributed by atoms with E-state index in [-0.39, 0.29) is 5.41 Å². The molecule has 0 N–H and O–H groups in total. The molecule has 2 heteroatoms. The van der Waals surface area contributed by atoms with Crippen molar-refractivity contribution >= 4 is 17.1 Å². The second-order valence-electron chi connectivity index (χ2n) is 5.01. The van der Waals surface area contributed by atoms with E-state index >= 15 is 0 Å². The highest BCUT2D eigenvalue weighted by atomic mass is 14.8. The number of nitrogens with zero attached hydrogens (tertiary/aromatic N) is 2. The Morgan fingerprint density at radius 2 is 2.00 bits per heavy atom. The second kappa shape index (κ2) is 3.68. The number of hydrogen-bond donors (Lipinski definition) is 0. The van der Waals surface area contributed by atoms with Crippen molar-refractivity contribution < 1.29 is 0 Å². The van der Waals surface area contributed by atoms with Gasteiger partial charge in [0.15, 0.2) is 5.69 Å². The molecule has 1 aromatic carbocycles. The zero-order valence-corrected chi connectivity index (χ0v) is 10.5. The molecule has 18 heavy (non-hydrogen) atoms. The molecular weight excluding hydrogens is 220 g/mol. The zero-order valence-electron chi connectivity index (χ0n) is 10.5. The fourth-order valence-corrected chi connectivity index (χ4v) is 2.84. The molecule has 1 aliphatic carbocycles. The van der Waals surface area contributed by atoms with Crippen LogP contribution in [-0.4, -0.2) is 5.71 Å². The lowest BCUT2D eigenvalue weighted by Gasteiger charge is -2.31. The van der Waals surface area contributed by atoms with E-state index in [4.69, 9.17) is 6.57 Å². The van der Waals surface area contributed by atoms with Gasteiger partial charge in [-0.25, -0.2) is 4.85 Å². The molecule has 0 saturated carbocycles.